The topological polar surface area (TPSA) is 86.8 Å². The van der Waals surface area contributed by atoms with Gasteiger partial charge in [-0.1, -0.05) is 67.4 Å². The molecular weight excluding hydrogens is 565 g/mol. The second kappa shape index (κ2) is 14.6. The highest BCUT2D eigenvalue weighted by atomic mass is 32.2. The smallest absolute Gasteiger partial charge is 0.243 e. The molecule has 0 spiro atoms. The van der Waals surface area contributed by atoms with Crippen LogP contribution in [0.4, 0.5) is 10.1 Å². The van der Waals surface area contributed by atoms with Crippen molar-refractivity contribution in [2.45, 2.75) is 77.4 Å². The molecule has 0 saturated heterocycles. The minimum Gasteiger partial charge on any atom is -0.352 e. The summed E-state index contributed by atoms with van der Waals surface area (Å²) in [5.41, 5.74) is 3.63. The Morgan fingerprint density at radius 2 is 1.58 bits per heavy atom. The quantitative estimate of drug-likeness (QED) is 0.271. The van der Waals surface area contributed by atoms with Crippen molar-refractivity contribution in [3.05, 3.63) is 101 Å². The number of nitrogens with one attached hydrogen (secondary N) is 1. The SMILES string of the molecule is Cc1cc(C)cc(N(CCCC(=O)N(Cc2ccccc2F)[C@H](Cc2ccccc2)C(=O)NC2CCCC2)S(C)(=O)=O)c1. The molecule has 1 atom stereocenters. The van der Waals surface area contributed by atoms with E-state index in [0.29, 0.717) is 11.3 Å². The van der Waals surface area contributed by atoms with Gasteiger partial charge in [0.2, 0.25) is 21.8 Å². The van der Waals surface area contributed by atoms with Gasteiger partial charge in [-0.25, -0.2) is 12.8 Å². The summed E-state index contributed by atoms with van der Waals surface area (Å²) in [5.74, 6) is -1.04. The molecule has 3 aromatic carbocycles. The van der Waals surface area contributed by atoms with Crippen LogP contribution in [0, 0.1) is 19.7 Å². The monoisotopic (exact) mass is 607 g/mol. The Morgan fingerprint density at radius 1 is 0.953 bits per heavy atom. The van der Waals surface area contributed by atoms with Crippen molar-refractivity contribution in [3.8, 4) is 0 Å². The number of benzene rings is 3. The fourth-order valence-corrected chi connectivity index (χ4v) is 6.78. The summed E-state index contributed by atoms with van der Waals surface area (Å²) in [6.07, 6.45) is 5.53. The van der Waals surface area contributed by atoms with Crippen molar-refractivity contribution in [3.63, 3.8) is 0 Å². The van der Waals surface area contributed by atoms with Gasteiger partial charge in [-0.3, -0.25) is 13.9 Å². The van der Waals surface area contributed by atoms with Crippen molar-refractivity contribution in [2.24, 2.45) is 0 Å². The molecule has 2 amide bonds. The van der Waals surface area contributed by atoms with Crippen molar-refractivity contribution in [1.82, 2.24) is 10.2 Å². The van der Waals surface area contributed by atoms with Crippen molar-refractivity contribution in [1.29, 1.82) is 0 Å². The molecular formula is C34H42FN3O4S. The zero-order valence-electron chi connectivity index (χ0n) is 25.3. The summed E-state index contributed by atoms with van der Waals surface area (Å²) in [4.78, 5) is 29.2. The van der Waals surface area contributed by atoms with Crippen LogP contribution in [0.5, 0.6) is 0 Å². The third-order valence-corrected chi connectivity index (χ3v) is 9.11. The Hall–Kier alpha value is -3.72. The number of hydrogen-bond donors (Lipinski definition) is 1. The summed E-state index contributed by atoms with van der Waals surface area (Å²) < 4.78 is 41.7. The second-order valence-corrected chi connectivity index (χ2v) is 13.5. The lowest BCUT2D eigenvalue weighted by atomic mass is 10.0. The third kappa shape index (κ3) is 9.13. The molecule has 1 aliphatic rings. The molecule has 0 heterocycles. The molecule has 0 radical (unpaired) electrons. The van der Waals surface area contributed by atoms with E-state index in [1.165, 1.54) is 15.3 Å². The first-order valence-electron chi connectivity index (χ1n) is 14.9. The van der Waals surface area contributed by atoms with Gasteiger partial charge in [-0.05, 0) is 68.0 Å². The van der Waals surface area contributed by atoms with E-state index in [1.807, 2.05) is 62.4 Å². The summed E-state index contributed by atoms with van der Waals surface area (Å²) in [6.45, 7) is 3.84. The molecule has 4 rings (SSSR count). The van der Waals surface area contributed by atoms with E-state index in [0.717, 1.165) is 48.6 Å². The number of nitrogens with zero attached hydrogens (tertiary/aromatic N) is 2. The zero-order chi connectivity index (χ0) is 31.0. The summed E-state index contributed by atoms with van der Waals surface area (Å²) in [5, 5.41) is 3.15. The van der Waals surface area contributed by atoms with Crippen LogP contribution in [0.15, 0.2) is 72.8 Å². The summed E-state index contributed by atoms with van der Waals surface area (Å²) in [6, 6.07) is 20.5. The molecule has 1 saturated carbocycles. The number of sulfonamides is 1. The van der Waals surface area contributed by atoms with Gasteiger partial charge in [0.05, 0.1) is 11.9 Å². The van der Waals surface area contributed by atoms with Crippen LogP contribution in [0.3, 0.4) is 0 Å². The minimum absolute atomic E-state index is 0.00668. The first-order chi connectivity index (χ1) is 20.5. The lowest BCUT2D eigenvalue weighted by Crippen LogP contribution is -2.52. The predicted octanol–water partition coefficient (Wildman–Crippen LogP) is 5.69. The molecule has 0 aromatic heterocycles. The maximum atomic E-state index is 14.9. The fraction of sp³-hybridized carbons (Fsp3) is 0.412. The molecule has 7 nitrogen and oxygen atoms in total. The number of hydrogen-bond acceptors (Lipinski definition) is 4. The standard InChI is InChI=1S/C34H42FN3O4S/c1-25-20-26(2)22-30(21-25)38(43(3,41)42)19-11-18-33(39)37(24-28-14-7-10-17-31(28)35)32(23-27-12-5-4-6-13-27)34(40)36-29-15-8-9-16-29/h4-7,10,12-14,17,20-22,29,32H,8-9,11,15-16,18-19,23-24H2,1-3H3,(H,36,40)/t32-/m1/s1. The molecule has 1 fully saturated rings. The van der Waals surface area contributed by atoms with E-state index in [2.05, 4.69) is 5.32 Å². The molecule has 43 heavy (non-hydrogen) atoms. The van der Waals surface area contributed by atoms with Gasteiger partial charge in [-0.15, -0.1) is 0 Å². The number of aryl methyl sites for hydroxylation is 2. The highest BCUT2D eigenvalue weighted by molar-refractivity contribution is 7.92. The third-order valence-electron chi connectivity index (χ3n) is 7.92. The first-order valence-corrected chi connectivity index (χ1v) is 16.8. The van der Waals surface area contributed by atoms with E-state index in [4.69, 9.17) is 0 Å². The van der Waals surface area contributed by atoms with Gasteiger partial charge in [-0.2, -0.15) is 0 Å². The molecule has 230 valence electrons. The fourth-order valence-electron chi connectivity index (χ4n) is 5.83. The van der Waals surface area contributed by atoms with E-state index >= 15 is 0 Å². The van der Waals surface area contributed by atoms with Crippen LogP contribution in [-0.2, 0) is 32.6 Å². The Labute approximate surface area is 255 Å². The number of halogens is 1. The molecule has 1 N–H and O–H groups in total. The minimum atomic E-state index is -3.61. The number of carbonyl (C=O) groups is 2. The Kier molecular flexibility index (Phi) is 11.0. The highest BCUT2D eigenvalue weighted by Gasteiger charge is 2.32. The maximum absolute atomic E-state index is 14.9. The van der Waals surface area contributed by atoms with Gasteiger partial charge in [0.15, 0.2) is 0 Å². The van der Waals surface area contributed by atoms with E-state index in [-0.39, 0.29) is 50.2 Å². The van der Waals surface area contributed by atoms with Crippen LogP contribution >= 0.6 is 0 Å². The Bertz CT molecular complexity index is 1490. The largest absolute Gasteiger partial charge is 0.352 e. The number of carbonyl (C=O) groups excluding carboxylic acids is 2. The predicted molar refractivity (Wildman–Crippen MR) is 169 cm³/mol. The van der Waals surface area contributed by atoms with Crippen LogP contribution in [0.25, 0.3) is 0 Å². The maximum Gasteiger partial charge on any atom is 0.243 e. The van der Waals surface area contributed by atoms with Crippen LogP contribution in [-0.4, -0.2) is 50.0 Å². The molecule has 0 unspecified atom stereocenters. The molecule has 9 heteroatoms. The number of anilines is 1. The lowest BCUT2D eigenvalue weighted by Gasteiger charge is -2.33. The molecule has 1 aliphatic carbocycles. The van der Waals surface area contributed by atoms with Crippen molar-refractivity contribution in [2.75, 3.05) is 17.1 Å². The second-order valence-electron chi connectivity index (χ2n) is 11.6. The lowest BCUT2D eigenvalue weighted by molar-refractivity contribution is -0.141. The van der Waals surface area contributed by atoms with Gasteiger partial charge in [0.25, 0.3) is 0 Å². The Morgan fingerprint density at radius 3 is 2.21 bits per heavy atom. The van der Waals surface area contributed by atoms with Gasteiger partial charge < -0.3 is 10.2 Å². The molecule has 0 aliphatic heterocycles. The average molecular weight is 608 g/mol. The van der Waals surface area contributed by atoms with Gasteiger partial charge in [0, 0.05) is 37.5 Å². The van der Waals surface area contributed by atoms with Gasteiger partial charge >= 0.3 is 0 Å². The first kappa shape index (κ1) is 32.2. The molecule has 0 bridgehead atoms. The molecule has 3 aromatic rings. The van der Waals surface area contributed by atoms with Crippen molar-refractivity contribution >= 4 is 27.5 Å². The van der Waals surface area contributed by atoms with E-state index in [9.17, 15) is 22.4 Å². The van der Waals surface area contributed by atoms with Crippen LogP contribution < -0.4 is 9.62 Å². The average Bonchev–Trinajstić information content (AvgIpc) is 3.46. The van der Waals surface area contributed by atoms with Crippen LogP contribution in [0.2, 0.25) is 0 Å². The normalized spacial score (nSPS) is 14.3. The van der Waals surface area contributed by atoms with Crippen molar-refractivity contribution < 1.29 is 22.4 Å². The Balaban J connectivity index is 1.60. The number of rotatable bonds is 13. The zero-order valence-corrected chi connectivity index (χ0v) is 26.1. The van der Waals surface area contributed by atoms with Gasteiger partial charge in [0.1, 0.15) is 11.9 Å². The highest BCUT2D eigenvalue weighted by Crippen LogP contribution is 2.24. The number of amides is 2. The summed E-state index contributed by atoms with van der Waals surface area (Å²) >= 11 is 0. The van der Waals surface area contributed by atoms with E-state index in [1.54, 1.807) is 18.2 Å². The summed E-state index contributed by atoms with van der Waals surface area (Å²) in [7, 11) is -3.61. The van der Waals surface area contributed by atoms with E-state index < -0.39 is 21.9 Å². The van der Waals surface area contributed by atoms with Crippen LogP contribution in [0.1, 0.15) is 60.8 Å².